The highest BCUT2D eigenvalue weighted by Gasteiger charge is 2.10. The lowest BCUT2D eigenvalue weighted by molar-refractivity contribution is 0.276. The minimum Gasteiger partial charge on any atom is -0.394 e. The van der Waals surface area contributed by atoms with Gasteiger partial charge in [-0.1, -0.05) is 55.8 Å². The Kier molecular flexibility index (Phi) is 4.80. The van der Waals surface area contributed by atoms with Gasteiger partial charge in [0, 0.05) is 5.69 Å². The number of hydrogen-bond acceptors (Lipinski definition) is 2. The first-order valence-corrected chi connectivity index (χ1v) is 7.14. The highest BCUT2D eigenvalue weighted by atomic mass is 16.3. The summed E-state index contributed by atoms with van der Waals surface area (Å²) in [6.45, 7) is 6.51. The van der Waals surface area contributed by atoms with Crippen LogP contribution in [0.5, 0.6) is 0 Å². The third kappa shape index (κ3) is 3.61. The van der Waals surface area contributed by atoms with Crippen LogP contribution < -0.4 is 5.32 Å². The number of nitrogens with one attached hydrogen (secondary N) is 1. The summed E-state index contributed by atoms with van der Waals surface area (Å²) < 4.78 is 0. The molecule has 0 aliphatic rings. The van der Waals surface area contributed by atoms with Crippen molar-refractivity contribution in [1.29, 1.82) is 0 Å². The summed E-state index contributed by atoms with van der Waals surface area (Å²) in [4.78, 5) is 0. The summed E-state index contributed by atoms with van der Waals surface area (Å²) in [7, 11) is 0. The van der Waals surface area contributed by atoms with Crippen molar-refractivity contribution >= 4 is 5.69 Å². The molecule has 0 heterocycles. The fourth-order valence-corrected chi connectivity index (χ4v) is 2.20. The molecule has 20 heavy (non-hydrogen) atoms. The van der Waals surface area contributed by atoms with Crippen molar-refractivity contribution in [1.82, 2.24) is 0 Å². The number of rotatable bonds is 5. The molecule has 2 aromatic carbocycles. The molecule has 0 saturated carbocycles. The van der Waals surface area contributed by atoms with Crippen molar-refractivity contribution < 1.29 is 5.11 Å². The van der Waals surface area contributed by atoms with Crippen molar-refractivity contribution in [3.63, 3.8) is 0 Å². The molecular formula is C18H23NO. The van der Waals surface area contributed by atoms with E-state index in [0.29, 0.717) is 5.92 Å². The van der Waals surface area contributed by atoms with Crippen molar-refractivity contribution in [3.05, 3.63) is 65.2 Å². The van der Waals surface area contributed by atoms with E-state index < -0.39 is 0 Å². The first-order valence-electron chi connectivity index (χ1n) is 7.14. The fourth-order valence-electron chi connectivity index (χ4n) is 2.20. The maximum atomic E-state index is 9.61. The molecule has 0 radical (unpaired) electrons. The highest BCUT2D eigenvalue weighted by Crippen LogP contribution is 2.22. The maximum absolute atomic E-state index is 9.61. The van der Waals surface area contributed by atoms with E-state index in [0.717, 1.165) is 11.3 Å². The zero-order valence-corrected chi connectivity index (χ0v) is 12.4. The SMILES string of the molecule is Cc1ccc(NC(CO)c2ccc(C(C)C)cc2)cc1. The summed E-state index contributed by atoms with van der Waals surface area (Å²) in [5.74, 6) is 0.529. The number of aliphatic hydroxyl groups is 1. The molecule has 0 bridgehead atoms. The number of anilines is 1. The molecule has 2 rings (SSSR count). The number of aliphatic hydroxyl groups excluding tert-OH is 1. The third-order valence-corrected chi connectivity index (χ3v) is 3.58. The third-order valence-electron chi connectivity index (χ3n) is 3.58. The molecule has 0 aliphatic carbocycles. The summed E-state index contributed by atoms with van der Waals surface area (Å²) in [5.41, 5.74) is 4.69. The van der Waals surface area contributed by atoms with Crippen molar-refractivity contribution in [2.75, 3.05) is 11.9 Å². The predicted molar refractivity (Wildman–Crippen MR) is 85.2 cm³/mol. The van der Waals surface area contributed by atoms with Gasteiger partial charge in [-0.3, -0.25) is 0 Å². The molecule has 0 aliphatic heterocycles. The Bertz CT molecular complexity index is 528. The smallest absolute Gasteiger partial charge is 0.0745 e. The molecule has 0 spiro atoms. The van der Waals surface area contributed by atoms with Crippen LogP contribution >= 0.6 is 0 Å². The van der Waals surface area contributed by atoms with Crippen LogP contribution in [0.25, 0.3) is 0 Å². The highest BCUT2D eigenvalue weighted by molar-refractivity contribution is 5.47. The van der Waals surface area contributed by atoms with Gasteiger partial charge in [-0.2, -0.15) is 0 Å². The van der Waals surface area contributed by atoms with Gasteiger partial charge >= 0.3 is 0 Å². The van der Waals surface area contributed by atoms with Gasteiger partial charge in [0.15, 0.2) is 0 Å². The minimum atomic E-state index is -0.0704. The molecule has 2 nitrogen and oxygen atoms in total. The van der Waals surface area contributed by atoms with Crippen LogP contribution in [0.3, 0.4) is 0 Å². The van der Waals surface area contributed by atoms with Gasteiger partial charge in [0.25, 0.3) is 0 Å². The quantitative estimate of drug-likeness (QED) is 0.850. The van der Waals surface area contributed by atoms with Gasteiger partial charge in [0.05, 0.1) is 12.6 Å². The van der Waals surface area contributed by atoms with E-state index in [1.165, 1.54) is 11.1 Å². The molecule has 0 aromatic heterocycles. The Balaban J connectivity index is 2.13. The van der Waals surface area contributed by atoms with E-state index in [1.807, 2.05) is 12.1 Å². The van der Waals surface area contributed by atoms with Gasteiger partial charge in [-0.15, -0.1) is 0 Å². The Morgan fingerprint density at radius 2 is 1.45 bits per heavy atom. The number of benzene rings is 2. The molecule has 1 unspecified atom stereocenters. The average molecular weight is 269 g/mol. The molecule has 0 amide bonds. The topological polar surface area (TPSA) is 32.3 Å². The van der Waals surface area contributed by atoms with E-state index in [2.05, 4.69) is 62.5 Å². The molecule has 2 N–H and O–H groups in total. The first-order chi connectivity index (χ1) is 9.60. The fraction of sp³-hybridized carbons (Fsp3) is 0.333. The number of hydrogen-bond donors (Lipinski definition) is 2. The van der Waals surface area contributed by atoms with Crippen molar-refractivity contribution in [2.24, 2.45) is 0 Å². The normalized spacial score (nSPS) is 12.4. The molecular weight excluding hydrogens is 246 g/mol. The zero-order valence-electron chi connectivity index (χ0n) is 12.4. The summed E-state index contributed by atoms with van der Waals surface area (Å²) in [6, 6.07) is 16.6. The minimum absolute atomic E-state index is 0.0704. The van der Waals surface area contributed by atoms with Gasteiger partial charge < -0.3 is 10.4 Å². The summed E-state index contributed by atoms with van der Waals surface area (Å²) in [5, 5.41) is 13.0. The van der Waals surface area contributed by atoms with Gasteiger partial charge in [-0.25, -0.2) is 0 Å². The van der Waals surface area contributed by atoms with Crippen LogP contribution in [-0.4, -0.2) is 11.7 Å². The van der Waals surface area contributed by atoms with Crippen LogP contribution in [0.4, 0.5) is 5.69 Å². The molecule has 0 fully saturated rings. The van der Waals surface area contributed by atoms with E-state index in [1.54, 1.807) is 0 Å². The van der Waals surface area contributed by atoms with Crippen LogP contribution in [0.1, 0.15) is 42.5 Å². The van der Waals surface area contributed by atoms with E-state index >= 15 is 0 Å². The van der Waals surface area contributed by atoms with E-state index in [9.17, 15) is 5.11 Å². The van der Waals surface area contributed by atoms with Crippen LogP contribution in [0.15, 0.2) is 48.5 Å². The molecule has 106 valence electrons. The monoisotopic (exact) mass is 269 g/mol. The zero-order chi connectivity index (χ0) is 14.5. The second-order valence-corrected chi connectivity index (χ2v) is 5.57. The van der Waals surface area contributed by atoms with Gasteiger partial charge in [0.1, 0.15) is 0 Å². The van der Waals surface area contributed by atoms with Crippen molar-refractivity contribution in [3.8, 4) is 0 Å². The molecule has 0 saturated heterocycles. The number of aryl methyl sites for hydroxylation is 1. The van der Waals surface area contributed by atoms with Crippen LogP contribution in [0.2, 0.25) is 0 Å². The molecule has 1 atom stereocenters. The maximum Gasteiger partial charge on any atom is 0.0745 e. The lowest BCUT2D eigenvalue weighted by atomic mass is 9.99. The van der Waals surface area contributed by atoms with E-state index in [4.69, 9.17) is 0 Å². The molecule has 2 aromatic rings. The second-order valence-electron chi connectivity index (χ2n) is 5.57. The lowest BCUT2D eigenvalue weighted by Crippen LogP contribution is -2.14. The first kappa shape index (κ1) is 14.6. The Morgan fingerprint density at radius 1 is 0.900 bits per heavy atom. The largest absolute Gasteiger partial charge is 0.394 e. The summed E-state index contributed by atoms with van der Waals surface area (Å²) in [6.07, 6.45) is 0. The second kappa shape index (κ2) is 6.58. The standard InChI is InChI=1S/C18H23NO/c1-13(2)15-6-8-16(9-7-15)18(12-20)19-17-10-4-14(3)5-11-17/h4-11,13,18-20H,12H2,1-3H3. The van der Waals surface area contributed by atoms with Gasteiger partial charge in [-0.05, 0) is 36.1 Å². The van der Waals surface area contributed by atoms with Crippen LogP contribution in [0, 0.1) is 6.92 Å². The van der Waals surface area contributed by atoms with E-state index in [-0.39, 0.29) is 12.6 Å². The Morgan fingerprint density at radius 3 is 1.95 bits per heavy atom. The van der Waals surface area contributed by atoms with Gasteiger partial charge in [0.2, 0.25) is 0 Å². The van der Waals surface area contributed by atoms with Crippen LogP contribution in [-0.2, 0) is 0 Å². The molecule has 2 heteroatoms. The van der Waals surface area contributed by atoms with Crippen molar-refractivity contribution in [2.45, 2.75) is 32.7 Å². The average Bonchev–Trinajstić information content (AvgIpc) is 2.47. The lowest BCUT2D eigenvalue weighted by Gasteiger charge is -2.19. The predicted octanol–water partition coefficient (Wildman–Crippen LogP) is 4.26. The summed E-state index contributed by atoms with van der Waals surface area (Å²) >= 11 is 0. The Hall–Kier alpha value is -1.80. The Labute approximate surface area is 121 Å².